The molecule has 2 aromatic rings. The first kappa shape index (κ1) is 15.7. The first-order valence-corrected chi connectivity index (χ1v) is 7.98. The third kappa shape index (κ3) is 4.15. The second-order valence-electron chi connectivity index (χ2n) is 5.82. The molecule has 1 aliphatic rings. The fourth-order valence-corrected chi connectivity index (χ4v) is 2.55. The van der Waals surface area contributed by atoms with Gasteiger partial charge >= 0.3 is 0 Å². The number of hydrogen-bond acceptors (Lipinski definition) is 6. The molecule has 0 radical (unpaired) electrons. The number of aliphatic hydroxyl groups is 1. The maximum absolute atomic E-state index is 8.91. The highest BCUT2D eigenvalue weighted by Gasteiger charge is 2.29. The Morgan fingerprint density at radius 3 is 2.65 bits per heavy atom. The van der Waals surface area contributed by atoms with E-state index in [4.69, 9.17) is 14.8 Å². The normalized spacial score (nSPS) is 14.1. The predicted molar refractivity (Wildman–Crippen MR) is 84.2 cm³/mol. The molecule has 6 nitrogen and oxygen atoms in total. The average Bonchev–Trinajstić information content (AvgIpc) is 3.33. The van der Waals surface area contributed by atoms with Crippen LogP contribution in [0.15, 0.2) is 28.7 Å². The van der Waals surface area contributed by atoms with Crippen LogP contribution in [0.2, 0.25) is 0 Å². The molecule has 0 spiro atoms. The molecule has 3 rings (SSSR count). The van der Waals surface area contributed by atoms with Gasteiger partial charge in [-0.3, -0.25) is 4.90 Å². The van der Waals surface area contributed by atoms with Crippen molar-refractivity contribution in [2.24, 2.45) is 0 Å². The molecule has 23 heavy (non-hydrogen) atoms. The Hall–Kier alpha value is -2.23. The fourth-order valence-electron chi connectivity index (χ4n) is 2.55. The predicted octanol–water partition coefficient (Wildman–Crippen LogP) is 2.35. The lowest BCUT2D eigenvalue weighted by Crippen LogP contribution is -2.27. The Morgan fingerprint density at radius 1 is 1.22 bits per heavy atom. The number of nitriles is 1. The molecule has 0 aliphatic heterocycles. The molecule has 0 amide bonds. The van der Waals surface area contributed by atoms with Crippen molar-refractivity contribution in [3.05, 3.63) is 35.7 Å². The number of unbranched alkanes of at least 4 members (excludes halogenated alkanes) is 1. The maximum atomic E-state index is 8.91. The van der Waals surface area contributed by atoms with E-state index in [2.05, 4.69) is 21.2 Å². The summed E-state index contributed by atoms with van der Waals surface area (Å²) in [5.74, 6) is 1.09. The van der Waals surface area contributed by atoms with E-state index in [1.807, 2.05) is 12.1 Å². The van der Waals surface area contributed by atoms with Crippen molar-refractivity contribution in [3.63, 3.8) is 0 Å². The summed E-state index contributed by atoms with van der Waals surface area (Å²) in [5.41, 5.74) is 1.43. The Bertz CT molecular complexity index is 671. The van der Waals surface area contributed by atoms with Crippen molar-refractivity contribution in [2.45, 2.75) is 38.3 Å². The lowest BCUT2D eigenvalue weighted by molar-refractivity contribution is 0.212. The van der Waals surface area contributed by atoms with Gasteiger partial charge in [0.2, 0.25) is 11.8 Å². The van der Waals surface area contributed by atoms with Gasteiger partial charge in [0.15, 0.2) is 0 Å². The van der Waals surface area contributed by atoms with Crippen LogP contribution in [0.3, 0.4) is 0 Å². The van der Waals surface area contributed by atoms with Crippen molar-refractivity contribution in [1.82, 2.24) is 15.1 Å². The van der Waals surface area contributed by atoms with Crippen LogP contribution in [0.4, 0.5) is 0 Å². The van der Waals surface area contributed by atoms with Crippen molar-refractivity contribution in [3.8, 4) is 17.5 Å². The summed E-state index contributed by atoms with van der Waals surface area (Å²) in [6.07, 6.45) is 4.23. The lowest BCUT2D eigenvalue weighted by atomic mass is 10.1. The summed E-state index contributed by atoms with van der Waals surface area (Å²) >= 11 is 0. The second-order valence-corrected chi connectivity index (χ2v) is 5.82. The van der Waals surface area contributed by atoms with Crippen LogP contribution in [-0.4, -0.2) is 39.4 Å². The molecule has 1 heterocycles. The smallest absolute Gasteiger partial charge is 0.247 e. The van der Waals surface area contributed by atoms with Crippen molar-refractivity contribution in [1.29, 1.82) is 5.26 Å². The topological polar surface area (TPSA) is 86.2 Å². The van der Waals surface area contributed by atoms with Gasteiger partial charge < -0.3 is 9.52 Å². The largest absolute Gasteiger partial charge is 0.419 e. The van der Waals surface area contributed by atoms with E-state index in [-0.39, 0.29) is 6.61 Å². The lowest BCUT2D eigenvalue weighted by Gasteiger charge is -2.19. The summed E-state index contributed by atoms with van der Waals surface area (Å²) in [4.78, 5) is 2.35. The highest BCUT2D eigenvalue weighted by Crippen LogP contribution is 2.29. The minimum absolute atomic E-state index is 0.238. The van der Waals surface area contributed by atoms with Crippen LogP contribution >= 0.6 is 0 Å². The van der Waals surface area contributed by atoms with Crippen LogP contribution in [0.5, 0.6) is 0 Å². The number of hydrogen-bond donors (Lipinski definition) is 1. The molecular formula is C17H20N4O2. The summed E-state index contributed by atoms with van der Waals surface area (Å²) in [7, 11) is 0. The Balaban J connectivity index is 1.64. The fraction of sp³-hybridized carbons (Fsp3) is 0.471. The van der Waals surface area contributed by atoms with Gasteiger partial charge in [0.05, 0.1) is 18.2 Å². The number of nitrogens with zero attached hydrogens (tertiary/aromatic N) is 4. The number of benzene rings is 1. The third-order valence-electron chi connectivity index (χ3n) is 3.98. The molecule has 1 aromatic carbocycles. The van der Waals surface area contributed by atoms with E-state index in [0.717, 1.165) is 24.9 Å². The number of aromatic nitrogens is 2. The summed E-state index contributed by atoms with van der Waals surface area (Å²) in [6, 6.07) is 9.81. The molecule has 1 saturated carbocycles. The molecule has 0 atom stereocenters. The maximum Gasteiger partial charge on any atom is 0.247 e. The average molecular weight is 312 g/mol. The van der Waals surface area contributed by atoms with E-state index >= 15 is 0 Å². The second kappa shape index (κ2) is 7.36. The minimum atomic E-state index is 0.238. The zero-order chi connectivity index (χ0) is 16.1. The van der Waals surface area contributed by atoms with Gasteiger partial charge in [-0.2, -0.15) is 5.26 Å². The number of rotatable bonds is 8. The van der Waals surface area contributed by atoms with Crippen LogP contribution in [-0.2, 0) is 6.54 Å². The molecule has 0 saturated heterocycles. The van der Waals surface area contributed by atoms with Crippen LogP contribution in [0.1, 0.15) is 37.1 Å². The van der Waals surface area contributed by atoms with Crippen molar-refractivity contribution >= 4 is 0 Å². The summed E-state index contributed by atoms with van der Waals surface area (Å²) in [5, 5.41) is 26.0. The monoisotopic (exact) mass is 312 g/mol. The number of aliphatic hydroxyl groups excluding tert-OH is 1. The summed E-state index contributed by atoms with van der Waals surface area (Å²) < 4.78 is 5.76. The van der Waals surface area contributed by atoms with E-state index in [1.54, 1.807) is 12.1 Å². The van der Waals surface area contributed by atoms with Crippen molar-refractivity contribution in [2.75, 3.05) is 13.2 Å². The Morgan fingerprint density at radius 2 is 2.00 bits per heavy atom. The van der Waals surface area contributed by atoms with Crippen LogP contribution in [0.25, 0.3) is 11.5 Å². The molecule has 6 heteroatoms. The summed E-state index contributed by atoms with van der Waals surface area (Å²) in [6.45, 7) is 1.83. The first-order chi connectivity index (χ1) is 11.3. The van der Waals surface area contributed by atoms with Gasteiger partial charge in [-0.1, -0.05) is 0 Å². The molecule has 1 N–H and O–H groups in total. The van der Waals surface area contributed by atoms with Gasteiger partial charge in [0.25, 0.3) is 0 Å². The zero-order valence-corrected chi connectivity index (χ0v) is 13.0. The molecule has 1 aliphatic carbocycles. The molecule has 1 aromatic heterocycles. The van der Waals surface area contributed by atoms with Gasteiger partial charge in [-0.25, -0.2) is 0 Å². The Labute approximate surface area is 135 Å². The van der Waals surface area contributed by atoms with Gasteiger partial charge in [0, 0.05) is 18.2 Å². The van der Waals surface area contributed by atoms with Crippen LogP contribution < -0.4 is 0 Å². The van der Waals surface area contributed by atoms with Gasteiger partial charge in [0.1, 0.15) is 0 Å². The molecule has 0 bridgehead atoms. The van der Waals surface area contributed by atoms with Gasteiger partial charge in [-0.15, -0.1) is 10.2 Å². The quantitative estimate of drug-likeness (QED) is 0.753. The highest BCUT2D eigenvalue weighted by molar-refractivity contribution is 5.54. The minimum Gasteiger partial charge on any atom is -0.419 e. The standard InChI is InChI=1S/C17H20N4O2/c18-11-13-3-5-14(6-4-13)17-20-19-16(23-17)12-21(15-7-8-15)9-1-2-10-22/h3-6,15,22H,1-2,7-10,12H2. The molecule has 0 unspecified atom stereocenters. The third-order valence-corrected chi connectivity index (χ3v) is 3.98. The Kier molecular flexibility index (Phi) is 5.01. The van der Waals surface area contributed by atoms with E-state index in [0.29, 0.717) is 29.9 Å². The van der Waals surface area contributed by atoms with Crippen LogP contribution in [0, 0.1) is 11.3 Å². The van der Waals surface area contributed by atoms with E-state index < -0.39 is 0 Å². The van der Waals surface area contributed by atoms with E-state index in [1.165, 1.54) is 12.8 Å². The van der Waals surface area contributed by atoms with Gasteiger partial charge in [-0.05, 0) is 56.5 Å². The molecular weight excluding hydrogens is 292 g/mol. The molecule has 1 fully saturated rings. The SMILES string of the molecule is N#Cc1ccc(-c2nnc(CN(CCCCO)C3CC3)o2)cc1. The first-order valence-electron chi connectivity index (χ1n) is 7.98. The molecule has 120 valence electrons. The zero-order valence-electron chi connectivity index (χ0n) is 13.0. The van der Waals surface area contributed by atoms with Crippen molar-refractivity contribution < 1.29 is 9.52 Å². The van der Waals surface area contributed by atoms with E-state index in [9.17, 15) is 0 Å². The highest BCUT2D eigenvalue weighted by atomic mass is 16.4.